The molecule has 0 aliphatic rings. The van der Waals surface area contributed by atoms with E-state index in [1.807, 2.05) is 0 Å². The van der Waals surface area contributed by atoms with E-state index in [1.165, 1.54) is 0 Å². The Morgan fingerprint density at radius 3 is 2.18 bits per heavy atom. The van der Waals surface area contributed by atoms with E-state index >= 15 is 0 Å². The minimum atomic E-state index is -1.31. The van der Waals surface area contributed by atoms with Crippen LogP contribution in [0.2, 0.25) is 6.04 Å². The second kappa shape index (κ2) is 6.79. The van der Waals surface area contributed by atoms with Gasteiger partial charge in [0.25, 0.3) is 0 Å². The topological polar surface area (TPSA) is 30.5 Å². The molecule has 0 rings (SSSR count). The molecule has 0 fully saturated rings. The van der Waals surface area contributed by atoms with E-state index in [-0.39, 0.29) is 0 Å². The number of rotatable bonds is 6. The molecule has 68 valence electrons. The van der Waals surface area contributed by atoms with Crippen LogP contribution in [0.15, 0.2) is 0 Å². The lowest BCUT2D eigenvalue weighted by Crippen LogP contribution is -2.29. The molecular formula is C7H19NO2Si. The average molecular weight is 177 g/mol. The standard InChI is InChI=1S/C7H19NO2Si/c1-7(2)8-5-6-11(9-3)10-4/h7-8,11H,5-6H2,1-4H3. The van der Waals surface area contributed by atoms with E-state index < -0.39 is 9.28 Å². The Kier molecular flexibility index (Phi) is 6.85. The van der Waals surface area contributed by atoms with E-state index in [0.717, 1.165) is 12.6 Å². The Bertz CT molecular complexity index is 86.5. The maximum absolute atomic E-state index is 5.16. The summed E-state index contributed by atoms with van der Waals surface area (Å²) in [6, 6.07) is 1.59. The van der Waals surface area contributed by atoms with Gasteiger partial charge in [-0.3, -0.25) is 0 Å². The Labute approximate surface area is 70.9 Å². The molecule has 0 aromatic heterocycles. The highest BCUT2D eigenvalue weighted by Crippen LogP contribution is 1.92. The van der Waals surface area contributed by atoms with Crippen molar-refractivity contribution in [1.82, 2.24) is 5.32 Å². The summed E-state index contributed by atoms with van der Waals surface area (Å²) in [6.07, 6.45) is 0. The van der Waals surface area contributed by atoms with E-state index in [4.69, 9.17) is 8.85 Å². The van der Waals surface area contributed by atoms with Crippen LogP contribution in [0.25, 0.3) is 0 Å². The number of hydrogen-bond donors (Lipinski definition) is 1. The third-order valence-corrected chi connectivity index (χ3v) is 3.27. The predicted octanol–water partition coefficient (Wildman–Crippen LogP) is 0.498. The third-order valence-electron chi connectivity index (χ3n) is 1.46. The van der Waals surface area contributed by atoms with Crippen molar-refractivity contribution in [3.05, 3.63) is 0 Å². The van der Waals surface area contributed by atoms with Crippen molar-refractivity contribution in [2.75, 3.05) is 20.8 Å². The van der Waals surface area contributed by atoms with Gasteiger partial charge < -0.3 is 14.2 Å². The lowest BCUT2D eigenvalue weighted by Gasteiger charge is -2.12. The van der Waals surface area contributed by atoms with Crippen LogP contribution in [0.1, 0.15) is 13.8 Å². The second-order valence-electron chi connectivity index (χ2n) is 2.80. The molecule has 0 bridgehead atoms. The first-order valence-electron chi connectivity index (χ1n) is 3.99. The molecule has 0 aliphatic heterocycles. The van der Waals surface area contributed by atoms with E-state index in [0.29, 0.717) is 6.04 Å². The predicted molar refractivity (Wildman–Crippen MR) is 49.1 cm³/mol. The molecule has 0 heterocycles. The zero-order valence-electron chi connectivity index (χ0n) is 7.89. The number of nitrogens with one attached hydrogen (secondary N) is 1. The van der Waals surface area contributed by atoms with Gasteiger partial charge in [-0.25, -0.2) is 0 Å². The Morgan fingerprint density at radius 1 is 1.27 bits per heavy atom. The summed E-state index contributed by atoms with van der Waals surface area (Å²) in [7, 11) is 2.12. The summed E-state index contributed by atoms with van der Waals surface area (Å²) in [5, 5.41) is 3.32. The normalized spacial score (nSPS) is 11.5. The third kappa shape index (κ3) is 6.49. The van der Waals surface area contributed by atoms with Crippen molar-refractivity contribution in [3.63, 3.8) is 0 Å². The molecule has 11 heavy (non-hydrogen) atoms. The quantitative estimate of drug-likeness (QED) is 0.599. The highest BCUT2D eigenvalue weighted by molar-refractivity contribution is 6.44. The average Bonchev–Trinajstić information content (AvgIpc) is 1.98. The van der Waals surface area contributed by atoms with E-state index in [9.17, 15) is 0 Å². The fourth-order valence-electron chi connectivity index (χ4n) is 0.822. The molecular weight excluding hydrogens is 158 g/mol. The summed E-state index contributed by atoms with van der Waals surface area (Å²) in [4.78, 5) is 0. The molecule has 0 aromatic rings. The van der Waals surface area contributed by atoms with Gasteiger partial charge in [0.15, 0.2) is 0 Å². The summed E-state index contributed by atoms with van der Waals surface area (Å²) >= 11 is 0. The molecule has 0 radical (unpaired) electrons. The van der Waals surface area contributed by atoms with Crippen molar-refractivity contribution in [2.45, 2.75) is 25.9 Å². The molecule has 0 unspecified atom stereocenters. The van der Waals surface area contributed by atoms with Gasteiger partial charge in [0.2, 0.25) is 0 Å². The summed E-state index contributed by atoms with van der Waals surface area (Å²) in [6.45, 7) is 5.27. The Morgan fingerprint density at radius 2 is 1.82 bits per heavy atom. The SMILES string of the molecule is CO[SiH](CCNC(C)C)OC. The van der Waals surface area contributed by atoms with Crippen LogP contribution in [-0.4, -0.2) is 36.1 Å². The molecule has 0 saturated heterocycles. The van der Waals surface area contributed by atoms with Gasteiger partial charge in [0, 0.05) is 26.3 Å². The fourth-order valence-corrected chi connectivity index (χ4v) is 1.89. The van der Waals surface area contributed by atoms with Gasteiger partial charge in [0.05, 0.1) is 0 Å². The summed E-state index contributed by atoms with van der Waals surface area (Å²) < 4.78 is 10.3. The van der Waals surface area contributed by atoms with Crippen molar-refractivity contribution in [2.24, 2.45) is 0 Å². The minimum Gasteiger partial charge on any atom is -0.400 e. The van der Waals surface area contributed by atoms with Crippen LogP contribution in [0.5, 0.6) is 0 Å². The van der Waals surface area contributed by atoms with Gasteiger partial charge in [-0.15, -0.1) is 0 Å². The van der Waals surface area contributed by atoms with Gasteiger partial charge in [-0.2, -0.15) is 0 Å². The molecule has 0 saturated carbocycles. The van der Waals surface area contributed by atoms with Crippen LogP contribution >= 0.6 is 0 Å². The molecule has 1 N–H and O–H groups in total. The highest BCUT2D eigenvalue weighted by atomic mass is 28.3. The van der Waals surface area contributed by atoms with Crippen LogP contribution in [-0.2, 0) is 8.85 Å². The Hall–Kier alpha value is 0.0969. The zero-order valence-corrected chi connectivity index (χ0v) is 9.04. The van der Waals surface area contributed by atoms with Crippen molar-refractivity contribution < 1.29 is 8.85 Å². The second-order valence-corrected chi connectivity index (χ2v) is 5.18. The summed E-state index contributed by atoms with van der Waals surface area (Å²) in [5.41, 5.74) is 0. The van der Waals surface area contributed by atoms with E-state index in [1.54, 1.807) is 14.2 Å². The molecule has 0 aromatic carbocycles. The largest absolute Gasteiger partial charge is 0.400 e. The van der Waals surface area contributed by atoms with Crippen molar-refractivity contribution >= 4 is 9.28 Å². The van der Waals surface area contributed by atoms with Crippen LogP contribution in [0.4, 0.5) is 0 Å². The first-order chi connectivity index (χ1) is 5.20. The number of hydrogen-bond acceptors (Lipinski definition) is 3. The van der Waals surface area contributed by atoms with Crippen LogP contribution in [0.3, 0.4) is 0 Å². The Balaban J connectivity index is 3.21. The smallest absolute Gasteiger partial charge is 0.322 e. The molecule has 0 spiro atoms. The van der Waals surface area contributed by atoms with Crippen molar-refractivity contribution in [1.29, 1.82) is 0 Å². The first-order valence-corrected chi connectivity index (χ1v) is 5.75. The van der Waals surface area contributed by atoms with Gasteiger partial charge >= 0.3 is 9.28 Å². The van der Waals surface area contributed by atoms with E-state index in [2.05, 4.69) is 19.2 Å². The first kappa shape index (κ1) is 11.1. The zero-order chi connectivity index (χ0) is 8.69. The maximum Gasteiger partial charge on any atom is 0.322 e. The maximum atomic E-state index is 5.16. The molecule has 0 atom stereocenters. The fraction of sp³-hybridized carbons (Fsp3) is 1.00. The minimum absolute atomic E-state index is 0.554. The molecule has 0 aliphatic carbocycles. The van der Waals surface area contributed by atoms with Gasteiger partial charge in [-0.05, 0) is 6.54 Å². The van der Waals surface area contributed by atoms with Gasteiger partial charge in [-0.1, -0.05) is 13.8 Å². The molecule has 3 nitrogen and oxygen atoms in total. The molecule has 4 heteroatoms. The molecule has 0 amide bonds. The lowest BCUT2D eigenvalue weighted by molar-refractivity contribution is 0.276. The lowest BCUT2D eigenvalue weighted by atomic mass is 10.4. The van der Waals surface area contributed by atoms with Crippen molar-refractivity contribution in [3.8, 4) is 0 Å². The monoisotopic (exact) mass is 177 g/mol. The van der Waals surface area contributed by atoms with Gasteiger partial charge in [0.1, 0.15) is 0 Å². The summed E-state index contributed by atoms with van der Waals surface area (Å²) in [5.74, 6) is 0. The van der Waals surface area contributed by atoms with Crippen LogP contribution in [0, 0.1) is 0 Å². The van der Waals surface area contributed by atoms with Crippen LogP contribution < -0.4 is 5.32 Å². The highest BCUT2D eigenvalue weighted by Gasteiger charge is 2.07.